The van der Waals surface area contributed by atoms with Gasteiger partial charge in [-0.05, 0) is 0 Å². The summed E-state index contributed by atoms with van der Waals surface area (Å²) in [7, 11) is 0. The normalized spacial score (nSPS) is 9.83. The Morgan fingerprint density at radius 3 is 2.00 bits per heavy atom. The Morgan fingerprint density at radius 2 is 2.00 bits per heavy atom. The Bertz CT molecular complexity index is 49.5. The quantitative estimate of drug-likeness (QED) is 0.260. The molecule has 1 N–H and O–H groups in total. The maximum atomic E-state index is 9.18. The van der Waals surface area contributed by atoms with E-state index in [2.05, 4.69) is 11.6 Å². The molecule has 30 valence electrons. The summed E-state index contributed by atoms with van der Waals surface area (Å²) < 4.78 is 0. The van der Waals surface area contributed by atoms with Crippen molar-refractivity contribution < 1.29 is 29.1 Å². The minimum absolute atomic E-state index is 0. The molecule has 0 aromatic carbocycles. The topological polar surface area (TPSA) is 43.3 Å². The molecule has 0 aliphatic heterocycles. The van der Waals surface area contributed by atoms with E-state index in [9.17, 15) is 5.11 Å². The van der Waals surface area contributed by atoms with E-state index in [-0.39, 0.29) is 18.9 Å². The van der Waals surface area contributed by atoms with Crippen molar-refractivity contribution in [3.8, 4) is 0 Å². The van der Waals surface area contributed by atoms with E-state index in [0.29, 0.717) is 5.54 Å². The van der Waals surface area contributed by atoms with Gasteiger partial charge in [-0.3, -0.25) is 0 Å². The van der Waals surface area contributed by atoms with Crippen molar-refractivity contribution in [3.05, 3.63) is 11.5 Å². The first-order chi connectivity index (χ1) is 2.27. The molecule has 0 aromatic rings. The molecule has 0 saturated carbocycles. The van der Waals surface area contributed by atoms with Gasteiger partial charge in [0, 0.05) is 5.54 Å². The molecule has 0 aliphatic rings. The Balaban J connectivity index is 0. The Morgan fingerprint density at radius 1 is 1.83 bits per heavy atom. The Kier molecular flexibility index (Phi) is 8.30. The van der Waals surface area contributed by atoms with Gasteiger partial charge in [0.2, 0.25) is 0 Å². The van der Waals surface area contributed by atoms with E-state index >= 15 is 0 Å². The second-order valence-electron chi connectivity index (χ2n) is 0.447. The fraction of sp³-hybridized carbons (Fsp3) is 0. The Hall–Kier alpha value is 0.227. The van der Waals surface area contributed by atoms with Gasteiger partial charge in [-0.15, -0.1) is 0 Å². The van der Waals surface area contributed by atoms with Gasteiger partial charge in [-0.25, -0.2) is 0 Å². The first kappa shape index (κ1) is 9.52. The molecule has 0 fully saturated rings. The van der Waals surface area contributed by atoms with Gasteiger partial charge in [-0.1, -0.05) is 11.6 Å². The third kappa shape index (κ3) is 8.88. The van der Waals surface area contributed by atoms with E-state index in [1.54, 1.807) is 0 Å². The molecule has 0 spiro atoms. The van der Waals surface area contributed by atoms with Crippen LogP contribution in [0.2, 0.25) is 0 Å². The average Bonchev–Trinajstić information content (AvgIpc) is 1.38. The van der Waals surface area contributed by atoms with Crippen LogP contribution in [-0.2, 0) is 0 Å². The van der Waals surface area contributed by atoms with E-state index in [1.165, 1.54) is 0 Å². The van der Waals surface area contributed by atoms with E-state index in [1.807, 2.05) is 0 Å². The van der Waals surface area contributed by atoms with E-state index in [0.717, 1.165) is 0 Å². The molecule has 0 bridgehead atoms. The summed E-state index contributed by atoms with van der Waals surface area (Å²) in [5, 5.41) is 16.7. The molecule has 0 aromatic heterocycles. The maximum absolute atomic E-state index is 9.18. The molecule has 0 unspecified atom stereocenters. The monoisotopic (exact) mass is 100.0 g/mol. The third-order valence-electron chi connectivity index (χ3n) is 0.0933. The summed E-state index contributed by atoms with van der Waals surface area (Å²) in [6.45, 7) is 0. The molecule has 0 heterocycles. The fourth-order valence-electron chi connectivity index (χ4n) is 0. The van der Waals surface area contributed by atoms with Gasteiger partial charge in [0.05, 0.1) is 5.95 Å². The largest absolute Gasteiger partial charge is 1.00 e. The molecule has 0 aliphatic carbocycles. The third-order valence-corrected chi connectivity index (χ3v) is 0.280. The maximum Gasteiger partial charge on any atom is 1.00 e. The van der Waals surface area contributed by atoms with Crippen LogP contribution in [0.15, 0.2) is 11.5 Å². The SMILES string of the molecule is [Li+].[O-]/C(O)=C\Cl. The fourth-order valence-corrected chi connectivity index (χ4v) is 0. The first-order valence-electron chi connectivity index (χ1n) is 0.935. The second kappa shape index (κ2) is 5.23. The van der Waals surface area contributed by atoms with Gasteiger partial charge >= 0.3 is 18.9 Å². The molecule has 0 radical (unpaired) electrons. The molecular weight excluding hydrogens is 98.4 g/mol. The zero-order chi connectivity index (χ0) is 4.28. The first-order valence-corrected chi connectivity index (χ1v) is 1.37. The van der Waals surface area contributed by atoms with Crippen LogP contribution in [0, 0.1) is 0 Å². The van der Waals surface area contributed by atoms with Crippen LogP contribution in [0.5, 0.6) is 0 Å². The average molecular weight is 100 g/mol. The van der Waals surface area contributed by atoms with Gasteiger partial charge in [0.15, 0.2) is 0 Å². The zero-order valence-electron chi connectivity index (χ0n) is 3.31. The summed E-state index contributed by atoms with van der Waals surface area (Å²) in [6, 6.07) is 0. The van der Waals surface area contributed by atoms with Crippen LogP contribution < -0.4 is 24.0 Å². The summed E-state index contributed by atoms with van der Waals surface area (Å²) in [5.41, 5.74) is 0.556. The molecule has 0 amide bonds. The summed E-state index contributed by atoms with van der Waals surface area (Å²) in [6.07, 6.45) is 0. The number of aliphatic hydroxyl groups excluding tert-OH is 1. The molecule has 6 heavy (non-hydrogen) atoms. The van der Waals surface area contributed by atoms with Crippen molar-refractivity contribution in [1.82, 2.24) is 0 Å². The van der Waals surface area contributed by atoms with Crippen molar-refractivity contribution in [2.24, 2.45) is 0 Å². The van der Waals surface area contributed by atoms with Gasteiger partial charge in [0.25, 0.3) is 0 Å². The van der Waals surface area contributed by atoms with Crippen LogP contribution in [-0.4, -0.2) is 5.11 Å². The minimum Gasteiger partial charge on any atom is -0.629 e. The smallest absolute Gasteiger partial charge is 0.629 e. The number of hydrogen-bond acceptors (Lipinski definition) is 2. The number of hydrogen-bond donors (Lipinski definition) is 1. The van der Waals surface area contributed by atoms with Crippen molar-refractivity contribution in [3.63, 3.8) is 0 Å². The Labute approximate surface area is 52.6 Å². The standard InChI is InChI=1S/C2H3ClO2.Li/c3-1-2(4)5;/h1,4-5H;/q;+1/p-1. The van der Waals surface area contributed by atoms with Crippen LogP contribution >= 0.6 is 11.6 Å². The molecule has 0 rings (SSSR count). The van der Waals surface area contributed by atoms with E-state index < -0.39 is 5.95 Å². The van der Waals surface area contributed by atoms with Crippen LogP contribution in [0.25, 0.3) is 0 Å². The molecule has 2 nitrogen and oxygen atoms in total. The molecule has 0 atom stereocenters. The van der Waals surface area contributed by atoms with Gasteiger partial charge < -0.3 is 10.2 Å². The van der Waals surface area contributed by atoms with Crippen molar-refractivity contribution in [2.45, 2.75) is 0 Å². The van der Waals surface area contributed by atoms with Crippen LogP contribution in [0.3, 0.4) is 0 Å². The molecule has 4 heteroatoms. The van der Waals surface area contributed by atoms with E-state index in [4.69, 9.17) is 5.11 Å². The van der Waals surface area contributed by atoms with Gasteiger partial charge in [0.1, 0.15) is 0 Å². The summed E-state index contributed by atoms with van der Waals surface area (Å²) in [5.74, 6) is -1.10. The number of aliphatic hydroxyl groups is 1. The van der Waals surface area contributed by atoms with Crippen LogP contribution in [0.4, 0.5) is 0 Å². The minimum atomic E-state index is -1.10. The van der Waals surface area contributed by atoms with Gasteiger partial charge in [-0.2, -0.15) is 0 Å². The van der Waals surface area contributed by atoms with Crippen molar-refractivity contribution >= 4 is 11.6 Å². The summed E-state index contributed by atoms with van der Waals surface area (Å²) in [4.78, 5) is 0. The number of halogens is 1. The molecule has 0 saturated heterocycles. The van der Waals surface area contributed by atoms with Crippen molar-refractivity contribution in [1.29, 1.82) is 0 Å². The second-order valence-corrected chi connectivity index (χ2v) is 0.666. The zero-order valence-corrected chi connectivity index (χ0v) is 4.07. The predicted octanol–water partition coefficient (Wildman–Crippen LogP) is -3.05. The van der Waals surface area contributed by atoms with Crippen molar-refractivity contribution in [2.75, 3.05) is 0 Å². The summed E-state index contributed by atoms with van der Waals surface area (Å²) >= 11 is 4.61. The van der Waals surface area contributed by atoms with Crippen LogP contribution in [0.1, 0.15) is 0 Å². The molecular formula is C2H2ClLiO2. The number of rotatable bonds is 0. The predicted molar refractivity (Wildman–Crippen MR) is 16.6 cm³/mol.